The minimum atomic E-state index is -0.101. The van der Waals surface area contributed by atoms with Crippen LogP contribution in [0, 0.1) is 0 Å². The molecule has 2 aromatic rings. The Kier molecular flexibility index (Phi) is 6.00. The van der Waals surface area contributed by atoms with Gasteiger partial charge in [-0.05, 0) is 25.0 Å². The number of nitrogens with one attached hydrogen (secondary N) is 1. The highest BCUT2D eigenvalue weighted by molar-refractivity contribution is 5.85. The lowest BCUT2D eigenvalue weighted by molar-refractivity contribution is 0.375. The molecule has 1 N–H and O–H groups in total. The first-order chi connectivity index (χ1) is 9.13. The van der Waals surface area contributed by atoms with Gasteiger partial charge in [-0.15, -0.1) is 19.0 Å². The lowest BCUT2D eigenvalue weighted by Crippen LogP contribution is -2.38. The van der Waals surface area contributed by atoms with Crippen molar-refractivity contribution in [1.29, 1.82) is 0 Å². The Labute approximate surface area is 128 Å². The molecule has 0 radical (unpaired) electrons. The van der Waals surface area contributed by atoms with Crippen LogP contribution in [0.4, 0.5) is 0 Å². The number of hydrogen-bond acceptors (Lipinski definition) is 1. The Bertz CT molecular complexity index is 520. The zero-order valence-electron chi connectivity index (χ0n) is 12.0. The molecule has 0 aliphatic heterocycles. The smallest absolute Gasteiger partial charge is 0.0510 e. The van der Waals surface area contributed by atoms with Gasteiger partial charge in [-0.3, -0.25) is 5.32 Å². The summed E-state index contributed by atoms with van der Waals surface area (Å²) in [6.45, 7) is 8.35. The molecule has 0 amide bonds. The molecular formula is C18H22ClN. The van der Waals surface area contributed by atoms with E-state index < -0.39 is 0 Å². The zero-order chi connectivity index (χ0) is 13.7. The third-order valence-electron chi connectivity index (χ3n) is 3.41. The number of rotatable bonds is 5. The molecule has 0 spiro atoms. The minimum Gasteiger partial charge on any atom is -0.298 e. The van der Waals surface area contributed by atoms with Crippen LogP contribution in [0.25, 0.3) is 0 Å². The zero-order valence-corrected chi connectivity index (χ0v) is 12.9. The van der Waals surface area contributed by atoms with Crippen molar-refractivity contribution in [3.05, 3.63) is 84.4 Å². The Morgan fingerprint density at radius 1 is 0.950 bits per heavy atom. The SMILES string of the molecule is C=CC(NC(C)(C)c1ccccc1)c1ccccc1.Cl. The van der Waals surface area contributed by atoms with Crippen LogP contribution in [-0.2, 0) is 5.54 Å². The van der Waals surface area contributed by atoms with Gasteiger partial charge in [0.2, 0.25) is 0 Å². The van der Waals surface area contributed by atoms with Gasteiger partial charge in [-0.2, -0.15) is 0 Å². The fourth-order valence-corrected chi connectivity index (χ4v) is 2.27. The first-order valence-corrected chi connectivity index (χ1v) is 6.64. The fourth-order valence-electron chi connectivity index (χ4n) is 2.27. The van der Waals surface area contributed by atoms with E-state index >= 15 is 0 Å². The van der Waals surface area contributed by atoms with E-state index in [1.54, 1.807) is 0 Å². The van der Waals surface area contributed by atoms with E-state index in [4.69, 9.17) is 0 Å². The lowest BCUT2D eigenvalue weighted by atomic mass is 9.92. The molecule has 2 rings (SSSR count). The summed E-state index contributed by atoms with van der Waals surface area (Å²) in [6, 6.07) is 21.0. The van der Waals surface area contributed by atoms with Crippen LogP contribution < -0.4 is 5.32 Å². The minimum absolute atomic E-state index is 0. The van der Waals surface area contributed by atoms with Gasteiger partial charge in [-0.1, -0.05) is 66.7 Å². The van der Waals surface area contributed by atoms with Gasteiger partial charge >= 0.3 is 0 Å². The van der Waals surface area contributed by atoms with Crippen molar-refractivity contribution in [2.45, 2.75) is 25.4 Å². The van der Waals surface area contributed by atoms with Gasteiger partial charge in [0.15, 0.2) is 0 Å². The van der Waals surface area contributed by atoms with Crippen LogP contribution in [0.1, 0.15) is 31.0 Å². The second-order valence-electron chi connectivity index (χ2n) is 5.26. The highest BCUT2D eigenvalue weighted by atomic mass is 35.5. The van der Waals surface area contributed by atoms with Crippen molar-refractivity contribution in [1.82, 2.24) is 5.32 Å². The van der Waals surface area contributed by atoms with Gasteiger partial charge in [-0.25, -0.2) is 0 Å². The lowest BCUT2D eigenvalue weighted by Gasteiger charge is -2.31. The molecule has 1 atom stereocenters. The van der Waals surface area contributed by atoms with E-state index in [-0.39, 0.29) is 24.0 Å². The summed E-state index contributed by atoms with van der Waals surface area (Å²) < 4.78 is 0. The predicted molar refractivity (Wildman–Crippen MR) is 89.2 cm³/mol. The monoisotopic (exact) mass is 287 g/mol. The van der Waals surface area contributed by atoms with E-state index in [1.807, 2.05) is 18.2 Å². The molecule has 20 heavy (non-hydrogen) atoms. The largest absolute Gasteiger partial charge is 0.298 e. The molecule has 0 aliphatic rings. The highest BCUT2D eigenvalue weighted by Crippen LogP contribution is 2.25. The normalized spacial score (nSPS) is 12.3. The molecular weight excluding hydrogens is 266 g/mol. The Balaban J connectivity index is 0.00000200. The summed E-state index contributed by atoms with van der Waals surface area (Å²) in [7, 11) is 0. The maximum absolute atomic E-state index is 3.95. The van der Waals surface area contributed by atoms with Crippen LogP contribution in [0.15, 0.2) is 73.3 Å². The molecule has 0 saturated heterocycles. The third-order valence-corrected chi connectivity index (χ3v) is 3.41. The van der Waals surface area contributed by atoms with Gasteiger partial charge in [0.05, 0.1) is 6.04 Å². The molecule has 0 aromatic heterocycles. The van der Waals surface area contributed by atoms with Gasteiger partial charge in [0, 0.05) is 5.54 Å². The summed E-state index contributed by atoms with van der Waals surface area (Å²) in [5.74, 6) is 0. The molecule has 106 valence electrons. The molecule has 2 aromatic carbocycles. The first kappa shape index (κ1) is 16.5. The standard InChI is InChI=1S/C18H21N.ClH/c1-4-17(15-11-7-5-8-12-15)19-18(2,3)16-13-9-6-10-14-16;/h4-14,17,19H,1H2,2-3H3;1H. The van der Waals surface area contributed by atoms with Gasteiger partial charge < -0.3 is 0 Å². The summed E-state index contributed by atoms with van der Waals surface area (Å²) in [5.41, 5.74) is 2.41. The van der Waals surface area contributed by atoms with Gasteiger partial charge in [0.1, 0.15) is 0 Å². The quantitative estimate of drug-likeness (QED) is 0.774. The molecule has 0 bridgehead atoms. The van der Waals surface area contributed by atoms with E-state index in [0.717, 1.165) is 0 Å². The molecule has 0 heterocycles. The first-order valence-electron chi connectivity index (χ1n) is 6.64. The summed E-state index contributed by atoms with van der Waals surface area (Å²) >= 11 is 0. The highest BCUT2D eigenvalue weighted by Gasteiger charge is 2.23. The molecule has 1 unspecified atom stereocenters. The Hall–Kier alpha value is -1.57. The van der Waals surface area contributed by atoms with E-state index in [9.17, 15) is 0 Å². The molecule has 0 saturated carbocycles. The van der Waals surface area contributed by atoms with Crippen molar-refractivity contribution in [3.8, 4) is 0 Å². The van der Waals surface area contributed by atoms with Crippen LogP contribution in [-0.4, -0.2) is 0 Å². The Morgan fingerprint density at radius 2 is 1.45 bits per heavy atom. The van der Waals surface area contributed by atoms with Gasteiger partial charge in [0.25, 0.3) is 0 Å². The maximum atomic E-state index is 3.95. The number of benzene rings is 2. The van der Waals surface area contributed by atoms with Crippen LogP contribution in [0.3, 0.4) is 0 Å². The van der Waals surface area contributed by atoms with E-state index in [1.165, 1.54) is 11.1 Å². The second-order valence-corrected chi connectivity index (χ2v) is 5.26. The molecule has 0 aliphatic carbocycles. The Morgan fingerprint density at radius 3 is 1.95 bits per heavy atom. The van der Waals surface area contributed by atoms with Crippen molar-refractivity contribution < 1.29 is 0 Å². The van der Waals surface area contributed by atoms with Crippen LogP contribution in [0.5, 0.6) is 0 Å². The molecule has 1 nitrogen and oxygen atoms in total. The second kappa shape index (κ2) is 7.28. The molecule has 2 heteroatoms. The number of halogens is 1. The van der Waals surface area contributed by atoms with E-state index in [0.29, 0.717) is 0 Å². The van der Waals surface area contributed by atoms with E-state index in [2.05, 4.69) is 74.3 Å². The average molecular weight is 288 g/mol. The topological polar surface area (TPSA) is 12.0 Å². The summed E-state index contributed by atoms with van der Waals surface area (Å²) in [6.07, 6.45) is 1.96. The van der Waals surface area contributed by atoms with Crippen LogP contribution in [0.2, 0.25) is 0 Å². The van der Waals surface area contributed by atoms with Crippen molar-refractivity contribution in [2.75, 3.05) is 0 Å². The summed E-state index contributed by atoms with van der Waals surface area (Å²) in [5, 5.41) is 3.66. The van der Waals surface area contributed by atoms with Crippen molar-refractivity contribution in [3.63, 3.8) is 0 Å². The van der Waals surface area contributed by atoms with Crippen molar-refractivity contribution >= 4 is 12.4 Å². The maximum Gasteiger partial charge on any atom is 0.0510 e. The third kappa shape index (κ3) is 3.96. The summed E-state index contributed by atoms with van der Waals surface area (Å²) in [4.78, 5) is 0. The molecule has 0 fully saturated rings. The van der Waals surface area contributed by atoms with Crippen molar-refractivity contribution in [2.24, 2.45) is 0 Å². The average Bonchev–Trinajstić information content (AvgIpc) is 2.47. The number of hydrogen-bond donors (Lipinski definition) is 1. The predicted octanol–water partition coefficient (Wildman–Crippen LogP) is 4.86. The van der Waals surface area contributed by atoms with Crippen LogP contribution >= 0.6 is 12.4 Å². The fraction of sp³-hybridized carbons (Fsp3) is 0.222.